The van der Waals surface area contributed by atoms with Crippen LogP contribution in [0.4, 0.5) is 5.69 Å². The van der Waals surface area contributed by atoms with Gasteiger partial charge in [0.25, 0.3) is 5.91 Å². The van der Waals surface area contributed by atoms with Crippen molar-refractivity contribution < 1.29 is 39.9 Å². The van der Waals surface area contributed by atoms with Crippen LogP contribution in [0.5, 0.6) is 5.75 Å². The number of aliphatic hydroxyl groups excluding tert-OH is 3. The standard InChI is InChI=1S/C29H38N4O8/c1-4-9-33-10-7-14(8-11-33)31-16-6-5-13-12-15-18(24(36)17(13)23(16)35)26(38)29(41)20(22(15)34)21(32(2)3)25(37)19(27(29)39)28(30)40/h5-6,14-15,20-22,31,34-36,39,41H,4,7-12H2,1-3H3,(H2,30,40)/t15-,20-,21+,22+,29+/m1/s1. The van der Waals surface area contributed by atoms with Crippen LogP contribution < -0.4 is 11.1 Å². The molecule has 3 aliphatic carbocycles. The van der Waals surface area contributed by atoms with Crippen LogP contribution in [0.2, 0.25) is 0 Å². The van der Waals surface area contributed by atoms with E-state index in [1.807, 2.05) is 0 Å². The van der Waals surface area contributed by atoms with Crippen molar-refractivity contribution in [3.8, 4) is 5.75 Å². The molecule has 1 aromatic carbocycles. The quantitative estimate of drug-likeness (QED) is 0.182. The maximum Gasteiger partial charge on any atom is 0.255 e. The van der Waals surface area contributed by atoms with E-state index in [9.17, 15) is 39.9 Å². The fourth-order valence-electron chi connectivity index (χ4n) is 7.18. The highest BCUT2D eigenvalue weighted by Gasteiger charge is 2.67. The first-order valence-corrected chi connectivity index (χ1v) is 14.0. The third kappa shape index (κ3) is 4.32. The van der Waals surface area contributed by atoms with Gasteiger partial charge in [-0.2, -0.15) is 0 Å². The van der Waals surface area contributed by atoms with Crippen LogP contribution in [0.3, 0.4) is 0 Å². The van der Waals surface area contributed by atoms with Gasteiger partial charge in [-0.1, -0.05) is 13.0 Å². The number of aromatic hydroxyl groups is 1. The molecule has 0 aromatic heterocycles. The molecule has 0 radical (unpaired) electrons. The van der Waals surface area contributed by atoms with Gasteiger partial charge in [0, 0.05) is 30.6 Å². The number of nitrogens with zero attached hydrogens (tertiary/aromatic N) is 2. The molecule has 1 aliphatic heterocycles. The summed E-state index contributed by atoms with van der Waals surface area (Å²) in [7, 11) is 2.95. The number of piperidine rings is 1. The number of benzene rings is 1. The number of nitrogens with one attached hydrogen (secondary N) is 1. The summed E-state index contributed by atoms with van der Waals surface area (Å²) in [6.45, 7) is 5.00. The first-order valence-electron chi connectivity index (χ1n) is 14.0. The number of phenols is 1. The number of phenolic OH excluding ortho intramolecular Hbond substituents is 1. The van der Waals surface area contributed by atoms with Gasteiger partial charge < -0.3 is 41.5 Å². The lowest BCUT2D eigenvalue weighted by molar-refractivity contribution is -0.168. The van der Waals surface area contributed by atoms with E-state index in [2.05, 4.69) is 17.1 Å². The van der Waals surface area contributed by atoms with Gasteiger partial charge in [0.05, 0.1) is 29.3 Å². The summed E-state index contributed by atoms with van der Waals surface area (Å²) in [5, 5.41) is 60.2. The Morgan fingerprint density at radius 2 is 1.83 bits per heavy atom. The van der Waals surface area contributed by atoms with Crippen molar-refractivity contribution in [2.75, 3.05) is 39.0 Å². The van der Waals surface area contributed by atoms with Crippen molar-refractivity contribution in [1.82, 2.24) is 9.80 Å². The Bertz CT molecular complexity index is 1360. The highest BCUT2D eigenvalue weighted by molar-refractivity contribution is 6.24. The second-order valence-corrected chi connectivity index (χ2v) is 11.8. The molecule has 1 saturated carbocycles. The number of amides is 1. The van der Waals surface area contributed by atoms with Crippen LogP contribution in [-0.4, -0.2) is 110 Å². The molecule has 8 N–H and O–H groups in total. The first-order chi connectivity index (χ1) is 19.3. The normalized spacial score (nSPS) is 30.8. The van der Waals surface area contributed by atoms with Crippen molar-refractivity contribution in [1.29, 1.82) is 0 Å². The van der Waals surface area contributed by atoms with E-state index in [1.54, 1.807) is 12.1 Å². The van der Waals surface area contributed by atoms with Gasteiger partial charge in [-0.15, -0.1) is 0 Å². The van der Waals surface area contributed by atoms with Crippen molar-refractivity contribution in [3.63, 3.8) is 0 Å². The number of fused-ring (bicyclic) bond motifs is 3. The predicted molar refractivity (Wildman–Crippen MR) is 149 cm³/mol. The van der Waals surface area contributed by atoms with E-state index in [-0.39, 0.29) is 23.8 Å². The van der Waals surface area contributed by atoms with Gasteiger partial charge in [0.2, 0.25) is 5.78 Å². The Morgan fingerprint density at radius 1 is 1.17 bits per heavy atom. The highest BCUT2D eigenvalue weighted by atomic mass is 16.4. The fourth-order valence-corrected chi connectivity index (χ4v) is 7.18. The zero-order valence-corrected chi connectivity index (χ0v) is 23.4. The summed E-state index contributed by atoms with van der Waals surface area (Å²) >= 11 is 0. The van der Waals surface area contributed by atoms with E-state index < -0.39 is 69.7 Å². The second-order valence-electron chi connectivity index (χ2n) is 11.8. The highest BCUT2D eigenvalue weighted by Crippen LogP contribution is 2.53. The number of likely N-dealkylation sites (tertiary alicyclic amines) is 1. The van der Waals surface area contributed by atoms with Gasteiger partial charge in [0.15, 0.2) is 11.4 Å². The molecular weight excluding hydrogens is 532 g/mol. The maximum absolute atomic E-state index is 14.0. The molecule has 41 heavy (non-hydrogen) atoms. The lowest BCUT2D eigenvalue weighted by Crippen LogP contribution is -2.70. The Labute approximate surface area is 237 Å². The monoisotopic (exact) mass is 570 g/mol. The van der Waals surface area contributed by atoms with Crippen molar-refractivity contribution >= 4 is 28.9 Å². The minimum atomic E-state index is -2.91. The van der Waals surface area contributed by atoms with E-state index >= 15 is 0 Å². The minimum absolute atomic E-state index is 0.0121. The molecule has 1 aromatic rings. The van der Waals surface area contributed by atoms with E-state index in [4.69, 9.17) is 5.73 Å². The van der Waals surface area contributed by atoms with Crippen LogP contribution in [0.1, 0.15) is 37.3 Å². The lowest BCUT2D eigenvalue weighted by Gasteiger charge is -2.52. The number of rotatable bonds is 6. The predicted octanol–water partition coefficient (Wildman–Crippen LogP) is 0.221. The van der Waals surface area contributed by atoms with Gasteiger partial charge >= 0.3 is 0 Å². The Balaban J connectivity index is 1.57. The van der Waals surface area contributed by atoms with E-state index in [1.165, 1.54) is 19.0 Å². The van der Waals surface area contributed by atoms with Gasteiger partial charge in [-0.3, -0.25) is 19.3 Å². The topological polar surface area (TPSA) is 197 Å². The van der Waals surface area contributed by atoms with Gasteiger partial charge in [-0.25, -0.2) is 0 Å². The maximum atomic E-state index is 14.0. The van der Waals surface area contributed by atoms with Crippen molar-refractivity contribution in [2.45, 2.75) is 56.4 Å². The zero-order chi connectivity index (χ0) is 30.0. The number of Topliss-reactive ketones (excluding diaryl/α,β-unsaturated/α-hetero) is 2. The fraction of sp³-hybridized carbons (Fsp3) is 0.552. The largest absolute Gasteiger partial charge is 0.508 e. The molecular formula is C29H38N4O8. The molecule has 12 heteroatoms. The SMILES string of the molecule is CCCN1CCC(Nc2ccc3c(c2O)C(O)=C2C(=O)[C@]4(O)C(O)=C(C(N)=O)C(=O)[C@@H](N(C)C)[C@@H]4[C@@H](O)[C@@H]2C3)CC1. The summed E-state index contributed by atoms with van der Waals surface area (Å²) < 4.78 is 0. The average molecular weight is 571 g/mol. The number of carbonyl (C=O) groups is 3. The number of carbonyl (C=O) groups excluding carboxylic acids is 3. The molecule has 2 fully saturated rings. The van der Waals surface area contributed by atoms with Crippen molar-refractivity contribution in [2.24, 2.45) is 17.6 Å². The molecule has 222 valence electrons. The lowest BCUT2D eigenvalue weighted by atomic mass is 9.56. The molecule has 1 heterocycles. The van der Waals surface area contributed by atoms with E-state index in [0.717, 1.165) is 38.9 Å². The van der Waals surface area contributed by atoms with Crippen LogP contribution in [0.25, 0.3) is 5.76 Å². The Kier molecular flexibility index (Phi) is 7.39. The van der Waals surface area contributed by atoms with Gasteiger partial charge in [-0.05, 0) is 58.0 Å². The van der Waals surface area contributed by atoms with Crippen LogP contribution in [0, 0.1) is 11.8 Å². The molecule has 4 aliphatic rings. The zero-order valence-electron chi connectivity index (χ0n) is 23.4. The molecule has 5 atom stereocenters. The third-order valence-corrected chi connectivity index (χ3v) is 9.16. The molecule has 1 amide bonds. The number of anilines is 1. The summed E-state index contributed by atoms with van der Waals surface area (Å²) in [6, 6.07) is 2.12. The molecule has 5 rings (SSSR count). The molecule has 0 spiro atoms. The second kappa shape index (κ2) is 10.4. The van der Waals surface area contributed by atoms with Gasteiger partial charge in [0.1, 0.15) is 22.8 Å². The Hall–Kier alpha value is -3.45. The average Bonchev–Trinajstić information content (AvgIpc) is 2.91. The smallest absolute Gasteiger partial charge is 0.255 e. The van der Waals surface area contributed by atoms with Crippen LogP contribution in [-0.2, 0) is 20.8 Å². The number of primary amides is 1. The number of nitrogens with two attached hydrogens (primary N) is 1. The number of ketones is 2. The summed E-state index contributed by atoms with van der Waals surface area (Å²) in [5.74, 6) is -8.21. The molecule has 0 unspecified atom stereocenters. The first kappa shape index (κ1) is 29.1. The van der Waals surface area contributed by atoms with Crippen molar-refractivity contribution in [3.05, 3.63) is 40.2 Å². The molecule has 12 nitrogen and oxygen atoms in total. The number of aliphatic hydroxyl groups is 4. The number of likely N-dealkylation sites (N-methyl/N-ethyl adjacent to an activating group) is 1. The minimum Gasteiger partial charge on any atom is -0.508 e. The molecule has 1 saturated heterocycles. The van der Waals surface area contributed by atoms with Crippen LogP contribution in [0.15, 0.2) is 29.0 Å². The third-order valence-electron chi connectivity index (χ3n) is 9.16. The summed E-state index contributed by atoms with van der Waals surface area (Å²) in [4.78, 5) is 43.0. The summed E-state index contributed by atoms with van der Waals surface area (Å²) in [5.41, 5.74) is 1.93. The van der Waals surface area contributed by atoms with Crippen LogP contribution >= 0.6 is 0 Å². The Morgan fingerprint density at radius 3 is 2.41 bits per heavy atom. The summed E-state index contributed by atoms with van der Waals surface area (Å²) in [6.07, 6.45) is 1.23. The number of hydrogen-bond acceptors (Lipinski definition) is 11. The van der Waals surface area contributed by atoms with E-state index in [0.29, 0.717) is 11.3 Å². The number of hydrogen-bond donors (Lipinski definition) is 7. The molecule has 0 bridgehead atoms.